The molecule has 0 saturated carbocycles. The van der Waals surface area contributed by atoms with Crippen LogP contribution >= 0.6 is 0 Å². The van der Waals surface area contributed by atoms with Crippen LogP contribution in [0.5, 0.6) is 0 Å². The Morgan fingerprint density at radius 1 is 0.933 bits per heavy atom. The van der Waals surface area contributed by atoms with Gasteiger partial charge < -0.3 is 10.2 Å². The second-order valence-electron chi connectivity index (χ2n) is 6.94. The summed E-state index contributed by atoms with van der Waals surface area (Å²) < 4.78 is 52.4. The van der Waals surface area contributed by atoms with Crippen molar-refractivity contribution in [2.24, 2.45) is 0 Å². The molecule has 1 aliphatic heterocycles. The van der Waals surface area contributed by atoms with Crippen molar-refractivity contribution in [1.82, 2.24) is 15.1 Å². The summed E-state index contributed by atoms with van der Waals surface area (Å²) in [5.41, 5.74) is -0.916. The van der Waals surface area contributed by atoms with E-state index in [1.807, 2.05) is 4.90 Å². The molecule has 1 aliphatic rings. The van der Waals surface area contributed by atoms with Gasteiger partial charge in [0.25, 0.3) is 11.8 Å². The molecule has 0 spiro atoms. The fourth-order valence-corrected chi connectivity index (χ4v) is 3.29. The molecule has 3 rings (SSSR count). The minimum absolute atomic E-state index is 0.303. The summed E-state index contributed by atoms with van der Waals surface area (Å²) in [5.74, 6) is -1.36. The third-order valence-corrected chi connectivity index (χ3v) is 4.94. The molecule has 2 amide bonds. The first-order valence-electron chi connectivity index (χ1n) is 9.47. The molecule has 0 unspecified atom stereocenters. The molecule has 9 heteroatoms. The summed E-state index contributed by atoms with van der Waals surface area (Å²) in [6.45, 7) is 2.49. The number of alkyl halides is 3. The molecular weight excluding hydrogens is 402 g/mol. The van der Waals surface area contributed by atoms with Crippen LogP contribution in [0.2, 0.25) is 0 Å². The monoisotopic (exact) mass is 423 g/mol. The van der Waals surface area contributed by atoms with Crippen LogP contribution in [-0.2, 0) is 6.18 Å². The van der Waals surface area contributed by atoms with E-state index in [2.05, 4.69) is 5.32 Å². The van der Waals surface area contributed by atoms with Gasteiger partial charge in [0.1, 0.15) is 5.82 Å². The number of benzene rings is 2. The van der Waals surface area contributed by atoms with E-state index in [-0.39, 0.29) is 11.5 Å². The smallest absolute Gasteiger partial charge is 0.351 e. The Hall–Kier alpha value is -2.94. The molecule has 1 fully saturated rings. The van der Waals surface area contributed by atoms with Gasteiger partial charge in [0.2, 0.25) is 0 Å². The summed E-state index contributed by atoms with van der Waals surface area (Å²) in [5, 5.41) is 2.74. The zero-order valence-electron chi connectivity index (χ0n) is 16.1. The molecule has 30 heavy (non-hydrogen) atoms. The van der Waals surface area contributed by atoms with Crippen LogP contribution in [0.25, 0.3) is 0 Å². The first kappa shape index (κ1) is 21.8. The molecule has 0 radical (unpaired) electrons. The van der Waals surface area contributed by atoms with Crippen molar-refractivity contribution in [3.63, 3.8) is 0 Å². The van der Waals surface area contributed by atoms with E-state index in [1.54, 1.807) is 0 Å². The number of nitrogens with one attached hydrogen (secondary N) is 1. The van der Waals surface area contributed by atoms with Crippen LogP contribution < -0.4 is 5.32 Å². The molecule has 1 heterocycles. The maximum Gasteiger partial charge on any atom is 0.417 e. The average Bonchev–Trinajstić information content (AvgIpc) is 2.73. The lowest BCUT2D eigenvalue weighted by Gasteiger charge is -2.35. The van der Waals surface area contributed by atoms with Crippen LogP contribution in [0.4, 0.5) is 17.6 Å². The number of hydrogen-bond acceptors (Lipinski definition) is 3. The van der Waals surface area contributed by atoms with Gasteiger partial charge in [-0.05, 0) is 36.4 Å². The molecule has 5 nitrogen and oxygen atoms in total. The molecule has 0 atom stereocenters. The second kappa shape index (κ2) is 9.25. The molecule has 2 aromatic carbocycles. The number of carbonyl (C=O) groups is 2. The third kappa shape index (κ3) is 5.35. The van der Waals surface area contributed by atoms with Crippen LogP contribution in [0.15, 0.2) is 48.5 Å². The topological polar surface area (TPSA) is 52.7 Å². The zero-order valence-corrected chi connectivity index (χ0v) is 16.1. The van der Waals surface area contributed by atoms with Gasteiger partial charge in [-0.15, -0.1) is 0 Å². The predicted molar refractivity (Wildman–Crippen MR) is 103 cm³/mol. The number of halogens is 4. The summed E-state index contributed by atoms with van der Waals surface area (Å²) in [4.78, 5) is 28.0. The molecule has 1 saturated heterocycles. The molecule has 2 aromatic rings. The van der Waals surface area contributed by atoms with Crippen LogP contribution in [-0.4, -0.2) is 60.9 Å². The fourth-order valence-electron chi connectivity index (χ4n) is 3.29. The lowest BCUT2D eigenvalue weighted by atomic mass is 10.1. The maximum atomic E-state index is 13.2. The van der Waals surface area contributed by atoms with Gasteiger partial charge in [0.05, 0.1) is 11.1 Å². The molecule has 1 N–H and O–H groups in total. The van der Waals surface area contributed by atoms with Gasteiger partial charge >= 0.3 is 6.18 Å². The molecule has 0 aliphatic carbocycles. The van der Waals surface area contributed by atoms with Crippen molar-refractivity contribution in [2.45, 2.75) is 6.18 Å². The number of hydrogen-bond donors (Lipinski definition) is 1. The number of carbonyl (C=O) groups excluding carboxylic acids is 2. The van der Waals surface area contributed by atoms with Crippen LogP contribution in [0.3, 0.4) is 0 Å². The summed E-state index contributed by atoms with van der Waals surface area (Å²) in [7, 11) is 0. The lowest BCUT2D eigenvalue weighted by molar-refractivity contribution is -0.138. The highest BCUT2D eigenvalue weighted by atomic mass is 19.4. The van der Waals surface area contributed by atoms with Gasteiger partial charge in [0.15, 0.2) is 0 Å². The van der Waals surface area contributed by atoms with Crippen LogP contribution in [0, 0.1) is 5.82 Å². The van der Waals surface area contributed by atoms with E-state index in [1.165, 1.54) is 47.4 Å². The minimum Gasteiger partial charge on any atom is -0.351 e. The van der Waals surface area contributed by atoms with Gasteiger partial charge in [-0.2, -0.15) is 13.2 Å². The van der Waals surface area contributed by atoms with Crippen molar-refractivity contribution in [3.8, 4) is 0 Å². The Morgan fingerprint density at radius 2 is 1.57 bits per heavy atom. The number of nitrogens with zero attached hydrogens (tertiary/aromatic N) is 2. The minimum atomic E-state index is -4.59. The van der Waals surface area contributed by atoms with Gasteiger partial charge in [-0.25, -0.2) is 4.39 Å². The molecule has 0 bridgehead atoms. The van der Waals surface area contributed by atoms with Gasteiger partial charge in [0, 0.05) is 44.8 Å². The standard InChI is InChI=1S/C21H21F4N3O2/c22-16-7-5-15(6-8-16)19(29)26-9-10-27-11-13-28(14-12-27)20(30)17-3-1-2-4-18(17)21(23,24)25/h1-8H,9-14H2,(H,26,29). The summed E-state index contributed by atoms with van der Waals surface area (Å²) in [6, 6.07) is 10.0. The first-order valence-corrected chi connectivity index (χ1v) is 9.47. The molecular formula is C21H21F4N3O2. The lowest BCUT2D eigenvalue weighted by Crippen LogP contribution is -2.50. The molecule has 160 valence electrons. The number of rotatable bonds is 5. The van der Waals surface area contributed by atoms with E-state index < -0.39 is 23.5 Å². The normalized spacial score (nSPS) is 15.1. The highest BCUT2D eigenvalue weighted by molar-refractivity contribution is 5.96. The average molecular weight is 423 g/mol. The zero-order chi connectivity index (χ0) is 21.7. The fraction of sp³-hybridized carbons (Fsp3) is 0.333. The largest absolute Gasteiger partial charge is 0.417 e. The summed E-state index contributed by atoms with van der Waals surface area (Å²) in [6.07, 6.45) is -4.59. The third-order valence-electron chi connectivity index (χ3n) is 4.94. The first-order chi connectivity index (χ1) is 14.3. The highest BCUT2D eigenvalue weighted by Crippen LogP contribution is 2.32. The van der Waals surface area contributed by atoms with Crippen molar-refractivity contribution in [1.29, 1.82) is 0 Å². The Labute approximate surface area is 171 Å². The summed E-state index contributed by atoms with van der Waals surface area (Å²) >= 11 is 0. The Balaban J connectivity index is 1.48. The second-order valence-corrected chi connectivity index (χ2v) is 6.94. The van der Waals surface area contributed by atoms with Crippen molar-refractivity contribution in [3.05, 3.63) is 71.0 Å². The predicted octanol–water partition coefficient (Wildman–Crippen LogP) is 3.03. The van der Waals surface area contributed by atoms with Crippen LogP contribution in [0.1, 0.15) is 26.3 Å². The molecule has 0 aromatic heterocycles. The quantitative estimate of drug-likeness (QED) is 0.753. The van der Waals surface area contributed by atoms with Crippen molar-refractivity contribution in [2.75, 3.05) is 39.3 Å². The highest BCUT2D eigenvalue weighted by Gasteiger charge is 2.36. The van der Waals surface area contributed by atoms with Gasteiger partial charge in [-0.3, -0.25) is 14.5 Å². The number of piperazine rings is 1. The van der Waals surface area contributed by atoms with E-state index in [0.717, 1.165) is 6.07 Å². The van der Waals surface area contributed by atoms with Crippen molar-refractivity contribution >= 4 is 11.8 Å². The van der Waals surface area contributed by atoms with E-state index in [0.29, 0.717) is 44.8 Å². The van der Waals surface area contributed by atoms with Crippen molar-refractivity contribution < 1.29 is 27.2 Å². The van der Waals surface area contributed by atoms with E-state index in [4.69, 9.17) is 0 Å². The van der Waals surface area contributed by atoms with Gasteiger partial charge in [-0.1, -0.05) is 12.1 Å². The SMILES string of the molecule is O=C(NCCN1CCN(C(=O)c2ccccc2C(F)(F)F)CC1)c1ccc(F)cc1. The van der Waals surface area contributed by atoms with E-state index in [9.17, 15) is 27.2 Å². The Morgan fingerprint density at radius 3 is 2.20 bits per heavy atom. The Kier molecular flexibility index (Phi) is 6.71. The number of amides is 2. The maximum absolute atomic E-state index is 13.2. The Bertz CT molecular complexity index is 892. The van der Waals surface area contributed by atoms with E-state index >= 15 is 0 Å².